The van der Waals surface area contributed by atoms with Crippen LogP contribution in [0.4, 0.5) is 4.79 Å². The predicted octanol–water partition coefficient (Wildman–Crippen LogP) is 1.93. The number of hydrogen-bond acceptors (Lipinski definition) is 4. The molecule has 0 radical (unpaired) electrons. The molecule has 0 aromatic heterocycles. The largest absolute Gasteiger partial charge is 0.385 e. The molecule has 1 saturated heterocycles. The fraction of sp³-hybridized carbons (Fsp3) is 0.800. The van der Waals surface area contributed by atoms with Crippen LogP contribution in [0.2, 0.25) is 0 Å². The van der Waals surface area contributed by atoms with E-state index in [4.69, 9.17) is 4.74 Å². The summed E-state index contributed by atoms with van der Waals surface area (Å²) in [6.45, 7) is 8.37. The molecule has 0 aromatic rings. The van der Waals surface area contributed by atoms with Gasteiger partial charge in [0.1, 0.15) is 5.41 Å². The van der Waals surface area contributed by atoms with E-state index < -0.39 is 17.4 Å². The third kappa shape index (κ3) is 3.43. The molecule has 0 saturated carbocycles. The van der Waals surface area contributed by atoms with Crippen molar-refractivity contribution in [3.05, 3.63) is 0 Å². The van der Waals surface area contributed by atoms with Crippen LogP contribution in [0.3, 0.4) is 0 Å². The Morgan fingerprint density at radius 2 is 1.76 bits per heavy atom. The highest BCUT2D eigenvalue weighted by Crippen LogP contribution is 2.34. The lowest BCUT2D eigenvalue weighted by molar-refractivity contribution is -0.153. The van der Waals surface area contributed by atoms with E-state index in [1.54, 1.807) is 21.0 Å². The van der Waals surface area contributed by atoms with E-state index >= 15 is 0 Å². The average Bonchev–Trinajstić information content (AvgIpc) is 2.43. The summed E-state index contributed by atoms with van der Waals surface area (Å²) >= 11 is 0. The van der Waals surface area contributed by atoms with Crippen LogP contribution in [0.15, 0.2) is 0 Å². The number of barbiturate groups is 1. The van der Waals surface area contributed by atoms with Gasteiger partial charge in [-0.05, 0) is 24.7 Å². The van der Waals surface area contributed by atoms with Gasteiger partial charge < -0.3 is 4.74 Å². The third-order valence-corrected chi connectivity index (χ3v) is 4.33. The summed E-state index contributed by atoms with van der Waals surface area (Å²) in [4.78, 5) is 38.0. The Labute approximate surface area is 126 Å². The first-order valence-corrected chi connectivity index (χ1v) is 7.40. The lowest BCUT2D eigenvalue weighted by Gasteiger charge is -2.41. The highest BCUT2D eigenvalue weighted by molar-refractivity contribution is 6.19. The highest BCUT2D eigenvalue weighted by Gasteiger charge is 2.52. The van der Waals surface area contributed by atoms with Crippen molar-refractivity contribution in [2.24, 2.45) is 10.8 Å². The summed E-state index contributed by atoms with van der Waals surface area (Å²) in [5, 5.41) is 2.33. The monoisotopic (exact) mass is 298 g/mol. The minimum atomic E-state index is -1.12. The molecule has 6 heteroatoms. The summed E-state index contributed by atoms with van der Waals surface area (Å²) in [6, 6.07) is -0.618. The van der Waals surface area contributed by atoms with Gasteiger partial charge in [-0.2, -0.15) is 0 Å². The van der Waals surface area contributed by atoms with Gasteiger partial charge in [0.25, 0.3) is 0 Å². The number of urea groups is 1. The number of nitrogens with one attached hydrogen (secondary N) is 1. The first-order valence-electron chi connectivity index (χ1n) is 7.40. The molecule has 0 aromatic carbocycles. The number of amides is 4. The number of imide groups is 2. The number of carbonyl (C=O) groups excluding carboxylic acids is 3. The van der Waals surface area contributed by atoms with Crippen LogP contribution < -0.4 is 5.32 Å². The topological polar surface area (TPSA) is 75.7 Å². The molecular weight excluding hydrogens is 272 g/mol. The predicted molar refractivity (Wildman–Crippen MR) is 78.5 cm³/mol. The molecule has 21 heavy (non-hydrogen) atoms. The Morgan fingerprint density at radius 3 is 2.24 bits per heavy atom. The molecule has 0 atom stereocenters. The molecule has 1 N–H and O–H groups in total. The van der Waals surface area contributed by atoms with Crippen molar-refractivity contribution >= 4 is 17.8 Å². The van der Waals surface area contributed by atoms with Crippen molar-refractivity contribution in [2.75, 3.05) is 20.3 Å². The standard InChI is InChI=1S/C15H26N2O4/c1-6-15(7-2)11(18)16-13(20)17(12(15)19)10-14(3,4)8-9-21-5/h6-10H2,1-5H3,(H,16,18,20). The van der Waals surface area contributed by atoms with E-state index in [2.05, 4.69) is 5.32 Å². The summed E-state index contributed by atoms with van der Waals surface area (Å²) in [5.74, 6) is -0.861. The van der Waals surface area contributed by atoms with Crippen molar-refractivity contribution < 1.29 is 19.1 Å². The molecule has 1 aliphatic heterocycles. The zero-order chi connectivity index (χ0) is 16.3. The van der Waals surface area contributed by atoms with Gasteiger partial charge in [0.05, 0.1) is 0 Å². The van der Waals surface area contributed by atoms with Crippen molar-refractivity contribution in [3.63, 3.8) is 0 Å². The third-order valence-electron chi connectivity index (χ3n) is 4.33. The summed E-state index contributed by atoms with van der Waals surface area (Å²) in [5.41, 5.74) is -1.39. The minimum Gasteiger partial charge on any atom is -0.385 e. The molecule has 1 fully saturated rings. The number of rotatable bonds is 7. The second-order valence-corrected chi connectivity index (χ2v) is 6.35. The fourth-order valence-corrected chi connectivity index (χ4v) is 2.63. The van der Waals surface area contributed by atoms with Gasteiger partial charge in [-0.1, -0.05) is 27.7 Å². The van der Waals surface area contributed by atoms with Crippen LogP contribution in [0.25, 0.3) is 0 Å². The zero-order valence-corrected chi connectivity index (χ0v) is 13.6. The summed E-state index contributed by atoms with van der Waals surface area (Å²) in [6.07, 6.45) is 1.49. The van der Waals surface area contributed by atoms with Crippen LogP contribution in [0.1, 0.15) is 47.0 Å². The maximum absolute atomic E-state index is 12.7. The maximum Gasteiger partial charge on any atom is 0.330 e. The molecule has 4 amide bonds. The van der Waals surface area contributed by atoms with Gasteiger partial charge in [-0.15, -0.1) is 0 Å². The van der Waals surface area contributed by atoms with Gasteiger partial charge in [0.2, 0.25) is 11.8 Å². The van der Waals surface area contributed by atoms with Crippen LogP contribution >= 0.6 is 0 Å². The van der Waals surface area contributed by atoms with Crippen molar-refractivity contribution in [1.29, 1.82) is 0 Å². The number of nitrogens with zero attached hydrogens (tertiary/aromatic N) is 1. The van der Waals surface area contributed by atoms with Crippen LogP contribution in [0.5, 0.6) is 0 Å². The smallest absolute Gasteiger partial charge is 0.330 e. The molecule has 0 aliphatic carbocycles. The summed E-state index contributed by atoms with van der Waals surface area (Å²) in [7, 11) is 1.62. The minimum absolute atomic E-state index is 0.267. The Bertz CT molecular complexity index is 427. The fourth-order valence-electron chi connectivity index (χ4n) is 2.63. The van der Waals surface area contributed by atoms with Gasteiger partial charge in [0.15, 0.2) is 0 Å². The molecular formula is C15H26N2O4. The normalized spacial score (nSPS) is 18.9. The number of ether oxygens (including phenoxy) is 1. The molecule has 0 unspecified atom stereocenters. The molecule has 120 valence electrons. The Kier molecular flexibility index (Phi) is 5.50. The van der Waals surface area contributed by atoms with Crippen molar-refractivity contribution in [2.45, 2.75) is 47.0 Å². The van der Waals surface area contributed by atoms with Gasteiger partial charge in [-0.25, -0.2) is 4.79 Å². The second kappa shape index (κ2) is 6.56. The molecule has 1 heterocycles. The zero-order valence-electron chi connectivity index (χ0n) is 13.6. The lowest BCUT2D eigenvalue weighted by atomic mass is 9.78. The summed E-state index contributed by atoms with van der Waals surface area (Å²) < 4.78 is 5.06. The SMILES string of the molecule is CCC1(CC)C(=O)NC(=O)N(CC(C)(C)CCOC)C1=O. The first-order chi connectivity index (χ1) is 9.74. The van der Waals surface area contributed by atoms with E-state index in [9.17, 15) is 14.4 Å². The molecule has 1 rings (SSSR count). The van der Waals surface area contributed by atoms with E-state index in [0.29, 0.717) is 19.4 Å². The molecule has 0 spiro atoms. The van der Waals surface area contributed by atoms with Gasteiger partial charge in [0, 0.05) is 20.3 Å². The van der Waals surface area contributed by atoms with E-state index in [-0.39, 0.29) is 17.9 Å². The molecule has 1 aliphatic rings. The Morgan fingerprint density at radius 1 is 1.19 bits per heavy atom. The second-order valence-electron chi connectivity index (χ2n) is 6.35. The number of hydrogen-bond donors (Lipinski definition) is 1. The maximum atomic E-state index is 12.7. The Hall–Kier alpha value is -1.43. The Balaban J connectivity index is 2.98. The quantitative estimate of drug-likeness (QED) is 0.729. The van der Waals surface area contributed by atoms with E-state index in [0.717, 1.165) is 6.42 Å². The van der Waals surface area contributed by atoms with Gasteiger partial charge >= 0.3 is 6.03 Å². The van der Waals surface area contributed by atoms with Crippen LogP contribution in [-0.4, -0.2) is 43.0 Å². The van der Waals surface area contributed by atoms with Gasteiger partial charge in [-0.3, -0.25) is 19.8 Å². The molecule has 0 bridgehead atoms. The van der Waals surface area contributed by atoms with E-state index in [1.807, 2.05) is 13.8 Å². The first kappa shape index (κ1) is 17.6. The van der Waals surface area contributed by atoms with E-state index in [1.165, 1.54) is 4.90 Å². The average molecular weight is 298 g/mol. The highest BCUT2D eigenvalue weighted by atomic mass is 16.5. The number of carbonyl (C=O) groups is 3. The van der Waals surface area contributed by atoms with Crippen molar-refractivity contribution in [1.82, 2.24) is 10.2 Å². The number of methoxy groups -OCH3 is 1. The van der Waals surface area contributed by atoms with Crippen LogP contribution in [-0.2, 0) is 14.3 Å². The lowest BCUT2D eigenvalue weighted by Crippen LogP contribution is -2.64. The molecule has 6 nitrogen and oxygen atoms in total. The van der Waals surface area contributed by atoms with Crippen molar-refractivity contribution in [3.8, 4) is 0 Å². The van der Waals surface area contributed by atoms with Crippen LogP contribution in [0, 0.1) is 10.8 Å².